The topological polar surface area (TPSA) is 12.0 Å². The molecule has 0 saturated heterocycles. The molecule has 1 aliphatic rings. The molecule has 17 heavy (non-hydrogen) atoms. The van der Waals surface area contributed by atoms with E-state index in [0.29, 0.717) is 0 Å². The van der Waals surface area contributed by atoms with Crippen molar-refractivity contribution in [2.24, 2.45) is 0 Å². The van der Waals surface area contributed by atoms with Crippen molar-refractivity contribution in [3.8, 4) is 0 Å². The number of nitrogens with one attached hydrogen (secondary N) is 1. The molecule has 2 heteroatoms. The second kappa shape index (κ2) is 5.74. The zero-order valence-corrected chi connectivity index (χ0v) is 10.5. The zero-order valence-electron chi connectivity index (χ0n) is 9.75. The van der Waals surface area contributed by atoms with E-state index >= 15 is 0 Å². The molecular formula is C15H16ClN. The highest BCUT2D eigenvalue weighted by molar-refractivity contribution is 6.32. The van der Waals surface area contributed by atoms with Crippen molar-refractivity contribution >= 4 is 17.3 Å². The Kier molecular flexibility index (Phi) is 4.05. The molecule has 0 atom stereocenters. The van der Waals surface area contributed by atoms with Gasteiger partial charge in [0.1, 0.15) is 0 Å². The lowest BCUT2D eigenvalue weighted by Crippen LogP contribution is -2.00. The molecule has 88 valence electrons. The van der Waals surface area contributed by atoms with Gasteiger partial charge in [0.2, 0.25) is 0 Å². The van der Waals surface area contributed by atoms with Crippen LogP contribution in [0.15, 0.2) is 65.4 Å². The Morgan fingerprint density at radius 3 is 2.65 bits per heavy atom. The Balaban J connectivity index is 2.15. The molecule has 1 aromatic carbocycles. The normalized spacial score (nSPS) is 18.3. The maximum Gasteiger partial charge on any atom is 0.0484 e. The average molecular weight is 246 g/mol. The summed E-state index contributed by atoms with van der Waals surface area (Å²) in [6.45, 7) is 3.80. The third-order valence-electron chi connectivity index (χ3n) is 2.89. The second-order valence-electron chi connectivity index (χ2n) is 4.08. The monoisotopic (exact) mass is 245 g/mol. The van der Waals surface area contributed by atoms with Gasteiger partial charge in [0, 0.05) is 16.9 Å². The van der Waals surface area contributed by atoms with Crippen LogP contribution in [0.4, 0.5) is 5.69 Å². The van der Waals surface area contributed by atoms with Crippen LogP contribution in [-0.4, -0.2) is 0 Å². The van der Waals surface area contributed by atoms with Crippen LogP contribution >= 0.6 is 11.6 Å². The van der Waals surface area contributed by atoms with Gasteiger partial charge in [-0.2, -0.15) is 0 Å². The molecule has 0 bridgehead atoms. The van der Waals surface area contributed by atoms with E-state index < -0.39 is 0 Å². The minimum Gasteiger partial charge on any atom is -0.361 e. The first-order valence-electron chi connectivity index (χ1n) is 5.83. The third kappa shape index (κ3) is 3.01. The fourth-order valence-electron chi connectivity index (χ4n) is 1.93. The van der Waals surface area contributed by atoms with Crippen LogP contribution in [-0.2, 0) is 0 Å². The number of allylic oxidation sites excluding steroid dienone is 4. The van der Waals surface area contributed by atoms with E-state index in [0.717, 1.165) is 41.1 Å². The van der Waals surface area contributed by atoms with Gasteiger partial charge in [-0.05, 0) is 42.5 Å². The first-order valence-corrected chi connectivity index (χ1v) is 6.21. The van der Waals surface area contributed by atoms with E-state index in [-0.39, 0.29) is 0 Å². The molecule has 0 aliphatic heterocycles. The van der Waals surface area contributed by atoms with Gasteiger partial charge in [0.05, 0.1) is 0 Å². The molecule has 0 heterocycles. The van der Waals surface area contributed by atoms with E-state index in [1.807, 2.05) is 42.6 Å². The fraction of sp³-hybridized carbons (Fsp3) is 0.200. The molecule has 1 aromatic rings. The van der Waals surface area contributed by atoms with Crippen molar-refractivity contribution < 1.29 is 0 Å². The minimum absolute atomic E-state index is 0.856. The number of halogens is 1. The summed E-state index contributed by atoms with van der Waals surface area (Å²) in [5.74, 6) is 0. The maximum atomic E-state index is 6.32. The van der Waals surface area contributed by atoms with Gasteiger partial charge in [-0.25, -0.2) is 0 Å². The Morgan fingerprint density at radius 1 is 1.18 bits per heavy atom. The summed E-state index contributed by atoms with van der Waals surface area (Å²) in [7, 11) is 0. The van der Waals surface area contributed by atoms with Crippen LogP contribution < -0.4 is 5.32 Å². The largest absolute Gasteiger partial charge is 0.361 e. The smallest absolute Gasteiger partial charge is 0.0484 e. The van der Waals surface area contributed by atoms with Gasteiger partial charge in [0.25, 0.3) is 0 Å². The predicted molar refractivity (Wildman–Crippen MR) is 75.1 cm³/mol. The summed E-state index contributed by atoms with van der Waals surface area (Å²) in [5.41, 5.74) is 3.39. The van der Waals surface area contributed by atoms with Gasteiger partial charge in [-0.3, -0.25) is 0 Å². The number of hydrogen-bond donors (Lipinski definition) is 1. The average Bonchev–Trinajstić information content (AvgIpc) is 2.39. The molecule has 1 nitrogen and oxygen atoms in total. The van der Waals surface area contributed by atoms with E-state index in [2.05, 4.69) is 11.9 Å². The lowest BCUT2D eigenvalue weighted by atomic mass is 9.95. The molecular weight excluding hydrogens is 230 g/mol. The summed E-state index contributed by atoms with van der Waals surface area (Å²) in [6, 6.07) is 10.1. The van der Waals surface area contributed by atoms with E-state index in [9.17, 15) is 0 Å². The standard InChI is InChI=1S/C15H16ClN/c1-2-12-7-6-8-13(15(12)16)11-17-14-9-4-3-5-10-14/h2-5,9-11,17H,1,6-8H2. The Morgan fingerprint density at radius 2 is 1.94 bits per heavy atom. The molecule has 0 amide bonds. The van der Waals surface area contributed by atoms with Crippen LogP contribution in [0.5, 0.6) is 0 Å². The van der Waals surface area contributed by atoms with Crippen LogP contribution in [0, 0.1) is 0 Å². The minimum atomic E-state index is 0.856. The second-order valence-corrected chi connectivity index (χ2v) is 4.45. The van der Waals surface area contributed by atoms with Crippen molar-refractivity contribution in [2.45, 2.75) is 19.3 Å². The summed E-state index contributed by atoms with van der Waals surface area (Å²) in [5, 5.41) is 4.13. The molecule has 0 radical (unpaired) electrons. The van der Waals surface area contributed by atoms with Gasteiger partial charge in [-0.1, -0.05) is 42.5 Å². The fourth-order valence-corrected chi connectivity index (χ4v) is 2.25. The van der Waals surface area contributed by atoms with Crippen molar-refractivity contribution in [1.82, 2.24) is 0 Å². The molecule has 1 N–H and O–H groups in total. The Bertz CT molecular complexity index is 457. The third-order valence-corrected chi connectivity index (χ3v) is 3.37. The van der Waals surface area contributed by atoms with Crippen LogP contribution in [0.1, 0.15) is 19.3 Å². The molecule has 0 aromatic heterocycles. The van der Waals surface area contributed by atoms with Crippen molar-refractivity contribution in [2.75, 3.05) is 5.32 Å². The number of rotatable bonds is 3. The number of hydrogen-bond acceptors (Lipinski definition) is 1. The van der Waals surface area contributed by atoms with Crippen molar-refractivity contribution in [1.29, 1.82) is 0 Å². The predicted octanol–water partition coefficient (Wildman–Crippen LogP) is 4.85. The lowest BCUT2D eigenvalue weighted by Gasteiger charge is -2.17. The van der Waals surface area contributed by atoms with Crippen molar-refractivity contribution in [3.05, 3.63) is 65.4 Å². The maximum absolute atomic E-state index is 6.32. The highest BCUT2D eigenvalue weighted by Crippen LogP contribution is 2.32. The highest BCUT2D eigenvalue weighted by Gasteiger charge is 2.13. The highest BCUT2D eigenvalue weighted by atomic mass is 35.5. The lowest BCUT2D eigenvalue weighted by molar-refractivity contribution is 0.791. The van der Waals surface area contributed by atoms with Crippen molar-refractivity contribution in [3.63, 3.8) is 0 Å². The molecule has 2 rings (SSSR count). The zero-order chi connectivity index (χ0) is 12.1. The first kappa shape index (κ1) is 12.0. The molecule has 0 fully saturated rings. The van der Waals surface area contributed by atoms with Gasteiger partial charge >= 0.3 is 0 Å². The Labute approximate surface area is 107 Å². The number of anilines is 1. The number of para-hydroxylation sites is 1. The van der Waals surface area contributed by atoms with E-state index in [1.54, 1.807) is 0 Å². The summed E-state index contributed by atoms with van der Waals surface area (Å²) < 4.78 is 0. The van der Waals surface area contributed by atoms with Crippen LogP contribution in [0.25, 0.3) is 0 Å². The SMILES string of the molecule is C=CC1=C(Cl)C(=CNc2ccccc2)CCC1. The summed E-state index contributed by atoms with van der Waals surface area (Å²) in [4.78, 5) is 0. The van der Waals surface area contributed by atoms with Gasteiger partial charge in [0.15, 0.2) is 0 Å². The summed E-state index contributed by atoms with van der Waals surface area (Å²) >= 11 is 6.32. The summed E-state index contributed by atoms with van der Waals surface area (Å²) in [6.07, 6.45) is 7.05. The molecule has 0 spiro atoms. The van der Waals surface area contributed by atoms with E-state index in [4.69, 9.17) is 11.6 Å². The Hall–Kier alpha value is -1.47. The van der Waals surface area contributed by atoms with E-state index in [1.165, 1.54) is 0 Å². The molecule has 0 saturated carbocycles. The van der Waals surface area contributed by atoms with Crippen LogP contribution in [0.3, 0.4) is 0 Å². The van der Waals surface area contributed by atoms with Gasteiger partial charge < -0.3 is 5.32 Å². The first-order chi connectivity index (χ1) is 8.31. The van der Waals surface area contributed by atoms with Crippen LogP contribution in [0.2, 0.25) is 0 Å². The van der Waals surface area contributed by atoms with Gasteiger partial charge in [-0.15, -0.1) is 0 Å². The quantitative estimate of drug-likeness (QED) is 0.803. The molecule has 1 aliphatic carbocycles. The molecule has 0 unspecified atom stereocenters. The number of benzene rings is 1.